The molecule has 1 nitrogen and oxygen atoms in total. The first-order valence-corrected chi connectivity index (χ1v) is 10.2. The fourth-order valence-electron chi connectivity index (χ4n) is 4.12. The van der Waals surface area contributed by atoms with E-state index in [-0.39, 0.29) is 0 Å². The van der Waals surface area contributed by atoms with Crippen molar-refractivity contribution in [2.24, 2.45) is 5.92 Å². The number of allylic oxidation sites excluding steroid dienone is 1. The Morgan fingerprint density at radius 3 is 2.08 bits per heavy atom. The number of hydrogen-bond acceptors (Lipinski definition) is 1. The second kappa shape index (κ2) is 9.62. The second-order valence-electron chi connectivity index (χ2n) is 7.53. The van der Waals surface area contributed by atoms with Gasteiger partial charge in [-0.05, 0) is 73.3 Å². The van der Waals surface area contributed by atoms with E-state index in [4.69, 9.17) is 4.74 Å². The largest absolute Gasteiger partial charge is 0.490 e. The molecule has 3 rings (SSSR count). The van der Waals surface area contributed by atoms with Gasteiger partial charge in [-0.1, -0.05) is 68.3 Å². The summed E-state index contributed by atoms with van der Waals surface area (Å²) in [5.41, 5.74) is 4.06. The van der Waals surface area contributed by atoms with E-state index in [9.17, 15) is 0 Å². The Labute approximate surface area is 159 Å². The molecule has 0 unspecified atom stereocenters. The Morgan fingerprint density at radius 1 is 0.885 bits per heavy atom. The van der Waals surface area contributed by atoms with Crippen molar-refractivity contribution in [1.82, 2.24) is 0 Å². The highest BCUT2D eigenvalue weighted by molar-refractivity contribution is 5.64. The first-order valence-electron chi connectivity index (χ1n) is 10.2. The number of rotatable bonds is 7. The normalized spacial score (nSPS) is 20.4. The van der Waals surface area contributed by atoms with Crippen molar-refractivity contribution in [3.8, 4) is 16.9 Å². The van der Waals surface area contributed by atoms with E-state index in [2.05, 4.69) is 55.5 Å². The minimum atomic E-state index is 0.630. The van der Waals surface area contributed by atoms with Gasteiger partial charge in [0.1, 0.15) is 12.4 Å². The monoisotopic (exact) mass is 348 g/mol. The van der Waals surface area contributed by atoms with Crippen molar-refractivity contribution in [2.45, 2.75) is 58.3 Å². The Bertz CT molecular complexity index is 673. The van der Waals surface area contributed by atoms with Gasteiger partial charge in [-0.15, -0.1) is 0 Å². The zero-order valence-corrected chi connectivity index (χ0v) is 16.3. The summed E-state index contributed by atoms with van der Waals surface area (Å²) in [7, 11) is 0. The third-order valence-corrected chi connectivity index (χ3v) is 5.70. The van der Waals surface area contributed by atoms with E-state index >= 15 is 0 Å². The van der Waals surface area contributed by atoms with Gasteiger partial charge in [-0.2, -0.15) is 0 Å². The van der Waals surface area contributed by atoms with Crippen LogP contribution >= 0.6 is 0 Å². The lowest BCUT2D eigenvalue weighted by atomic mass is 9.77. The van der Waals surface area contributed by atoms with E-state index in [1.807, 2.05) is 19.1 Å². The van der Waals surface area contributed by atoms with E-state index < -0.39 is 0 Å². The molecule has 1 aliphatic carbocycles. The molecule has 0 aromatic heterocycles. The molecule has 0 atom stereocenters. The van der Waals surface area contributed by atoms with Crippen molar-refractivity contribution in [3.63, 3.8) is 0 Å². The summed E-state index contributed by atoms with van der Waals surface area (Å²) >= 11 is 0. The van der Waals surface area contributed by atoms with Gasteiger partial charge in [0, 0.05) is 0 Å². The molecule has 0 heterocycles. The zero-order chi connectivity index (χ0) is 18.2. The van der Waals surface area contributed by atoms with E-state index in [0.717, 1.165) is 17.6 Å². The minimum absolute atomic E-state index is 0.630. The number of ether oxygens (including phenoxy) is 1. The van der Waals surface area contributed by atoms with Crippen LogP contribution in [0.15, 0.2) is 60.7 Å². The molecule has 0 aliphatic heterocycles. The molecule has 1 heteroatoms. The highest BCUT2D eigenvalue weighted by Crippen LogP contribution is 2.38. The fraction of sp³-hybridized carbons (Fsp3) is 0.440. The lowest BCUT2D eigenvalue weighted by Gasteiger charge is -2.28. The third kappa shape index (κ3) is 5.00. The van der Waals surface area contributed by atoms with Crippen LogP contribution in [0.3, 0.4) is 0 Å². The van der Waals surface area contributed by atoms with Gasteiger partial charge in [0.2, 0.25) is 0 Å². The van der Waals surface area contributed by atoms with Crippen LogP contribution in [0.25, 0.3) is 11.1 Å². The molecular weight excluding hydrogens is 316 g/mol. The molecule has 2 aromatic carbocycles. The summed E-state index contributed by atoms with van der Waals surface area (Å²) in [6.07, 6.45) is 12.3. The van der Waals surface area contributed by atoms with Gasteiger partial charge in [-0.25, -0.2) is 0 Å². The van der Waals surface area contributed by atoms with Crippen LogP contribution in [-0.4, -0.2) is 6.61 Å². The summed E-state index contributed by atoms with van der Waals surface area (Å²) in [6.45, 7) is 4.95. The molecule has 2 aromatic rings. The van der Waals surface area contributed by atoms with Crippen LogP contribution in [-0.2, 0) is 0 Å². The Hall–Kier alpha value is -2.02. The van der Waals surface area contributed by atoms with E-state index in [1.165, 1.54) is 55.2 Å². The molecule has 0 bridgehead atoms. The summed E-state index contributed by atoms with van der Waals surface area (Å²) in [5.74, 6) is 2.66. The maximum atomic E-state index is 5.67. The van der Waals surface area contributed by atoms with Gasteiger partial charge in [0.05, 0.1) is 0 Å². The predicted molar refractivity (Wildman–Crippen MR) is 112 cm³/mol. The SMILES string of the molecule is CC=CCOc1ccc(-c2ccc(C3CCC(CCC)CC3)cc2)cc1. The summed E-state index contributed by atoms with van der Waals surface area (Å²) in [6, 6.07) is 17.7. The van der Waals surface area contributed by atoms with Gasteiger partial charge < -0.3 is 4.74 Å². The fourth-order valence-corrected chi connectivity index (χ4v) is 4.12. The van der Waals surface area contributed by atoms with E-state index in [0.29, 0.717) is 6.61 Å². The Balaban J connectivity index is 1.59. The van der Waals surface area contributed by atoms with Gasteiger partial charge in [0.25, 0.3) is 0 Å². The lowest BCUT2D eigenvalue weighted by molar-refractivity contribution is 0.308. The van der Waals surface area contributed by atoms with Crippen LogP contribution in [0.4, 0.5) is 0 Å². The predicted octanol–water partition coefficient (Wildman–Crippen LogP) is 7.38. The molecule has 1 fully saturated rings. The maximum Gasteiger partial charge on any atom is 0.119 e. The third-order valence-electron chi connectivity index (χ3n) is 5.70. The van der Waals surface area contributed by atoms with Crippen molar-refractivity contribution in [1.29, 1.82) is 0 Å². The molecule has 0 saturated heterocycles. The molecule has 0 N–H and O–H groups in total. The highest BCUT2D eigenvalue weighted by Gasteiger charge is 2.21. The molecule has 1 saturated carbocycles. The molecule has 26 heavy (non-hydrogen) atoms. The lowest BCUT2D eigenvalue weighted by Crippen LogP contribution is -2.13. The summed E-state index contributed by atoms with van der Waals surface area (Å²) < 4.78 is 5.67. The number of benzene rings is 2. The van der Waals surface area contributed by atoms with Crippen LogP contribution in [0.5, 0.6) is 5.75 Å². The number of hydrogen-bond donors (Lipinski definition) is 0. The molecule has 0 amide bonds. The molecule has 0 spiro atoms. The second-order valence-corrected chi connectivity index (χ2v) is 7.53. The summed E-state index contributed by atoms with van der Waals surface area (Å²) in [5, 5.41) is 0. The van der Waals surface area contributed by atoms with Gasteiger partial charge in [-0.3, -0.25) is 0 Å². The highest BCUT2D eigenvalue weighted by atomic mass is 16.5. The standard InChI is InChI=1S/C25H32O/c1-3-5-19-26-25-17-15-24(16-18-25)23-13-11-22(12-14-23)21-9-7-20(6-4-2)8-10-21/h3,5,11-18,20-21H,4,6-10,19H2,1-2H3. The quantitative estimate of drug-likeness (QED) is 0.474. The van der Waals surface area contributed by atoms with Crippen LogP contribution in [0.2, 0.25) is 0 Å². The Kier molecular flexibility index (Phi) is 6.94. The maximum absolute atomic E-state index is 5.67. The van der Waals surface area contributed by atoms with Crippen molar-refractivity contribution < 1.29 is 4.74 Å². The molecule has 138 valence electrons. The van der Waals surface area contributed by atoms with Gasteiger partial charge >= 0.3 is 0 Å². The molecule has 0 radical (unpaired) electrons. The van der Waals surface area contributed by atoms with Crippen LogP contribution in [0.1, 0.15) is 63.9 Å². The molecular formula is C25H32O. The summed E-state index contributed by atoms with van der Waals surface area (Å²) in [4.78, 5) is 0. The first kappa shape index (κ1) is 18.8. The average molecular weight is 349 g/mol. The smallest absolute Gasteiger partial charge is 0.119 e. The average Bonchev–Trinajstić information content (AvgIpc) is 2.70. The Morgan fingerprint density at radius 2 is 1.50 bits per heavy atom. The van der Waals surface area contributed by atoms with Crippen LogP contribution < -0.4 is 4.74 Å². The van der Waals surface area contributed by atoms with Crippen molar-refractivity contribution in [2.75, 3.05) is 6.61 Å². The minimum Gasteiger partial charge on any atom is -0.490 e. The topological polar surface area (TPSA) is 9.23 Å². The van der Waals surface area contributed by atoms with Crippen molar-refractivity contribution >= 4 is 0 Å². The van der Waals surface area contributed by atoms with Crippen molar-refractivity contribution in [3.05, 3.63) is 66.2 Å². The zero-order valence-electron chi connectivity index (χ0n) is 16.3. The molecule has 1 aliphatic rings. The van der Waals surface area contributed by atoms with Crippen LogP contribution in [0, 0.1) is 5.92 Å². The van der Waals surface area contributed by atoms with E-state index in [1.54, 1.807) is 0 Å². The first-order chi connectivity index (χ1) is 12.8. The van der Waals surface area contributed by atoms with Gasteiger partial charge in [0.15, 0.2) is 0 Å².